The van der Waals surface area contributed by atoms with Gasteiger partial charge in [-0.3, -0.25) is 4.79 Å². The highest BCUT2D eigenvalue weighted by Crippen LogP contribution is 2.38. The summed E-state index contributed by atoms with van der Waals surface area (Å²) in [6.07, 6.45) is 0.922. The molecule has 0 aliphatic rings. The van der Waals surface area contributed by atoms with E-state index in [1.807, 2.05) is 24.3 Å². The molecule has 118 valence electrons. The minimum Gasteiger partial charge on any atom is -0.432 e. The van der Waals surface area contributed by atoms with Crippen LogP contribution in [-0.2, 0) is 16.0 Å². The van der Waals surface area contributed by atoms with Gasteiger partial charge in [0.25, 0.3) is 5.91 Å². The Bertz CT molecular complexity index is 715. The highest BCUT2D eigenvalue weighted by molar-refractivity contribution is 5.89. The number of aromatic amines is 1. The summed E-state index contributed by atoms with van der Waals surface area (Å²) in [7, 11) is 0. The van der Waals surface area contributed by atoms with E-state index < -0.39 is 23.0 Å². The third-order valence-corrected chi connectivity index (χ3v) is 4.00. The van der Waals surface area contributed by atoms with E-state index in [0.717, 1.165) is 16.5 Å². The molecule has 0 fully saturated rings. The summed E-state index contributed by atoms with van der Waals surface area (Å²) >= 11 is 0. The fourth-order valence-electron chi connectivity index (χ4n) is 2.68. The van der Waals surface area contributed by atoms with Crippen LogP contribution in [0.2, 0.25) is 0 Å². The molecule has 6 nitrogen and oxygen atoms in total. The van der Waals surface area contributed by atoms with Crippen molar-refractivity contribution in [1.29, 1.82) is 0 Å². The van der Waals surface area contributed by atoms with E-state index in [4.69, 9.17) is 16.2 Å². The lowest BCUT2D eigenvalue weighted by atomic mass is 9.72. The van der Waals surface area contributed by atoms with Gasteiger partial charge in [-0.1, -0.05) is 39.0 Å². The SMILES string of the molecule is CC(C)(C)[C@](Cc1c[nH]c2ccccc12)(OC(N)=O)C(N)=O. The summed E-state index contributed by atoms with van der Waals surface area (Å²) in [6.45, 7) is 5.36. The quantitative estimate of drug-likeness (QED) is 0.803. The summed E-state index contributed by atoms with van der Waals surface area (Å²) in [5.74, 6) is -0.718. The van der Waals surface area contributed by atoms with Crippen LogP contribution < -0.4 is 11.5 Å². The number of nitrogens with one attached hydrogen (secondary N) is 1. The molecule has 0 spiro atoms. The third-order valence-electron chi connectivity index (χ3n) is 4.00. The average molecular weight is 303 g/mol. The Morgan fingerprint density at radius 3 is 2.36 bits per heavy atom. The first kappa shape index (κ1) is 15.9. The summed E-state index contributed by atoms with van der Waals surface area (Å²) in [5.41, 5.74) is 10.3. The second kappa shape index (κ2) is 5.36. The zero-order valence-electron chi connectivity index (χ0n) is 13.0. The molecule has 0 radical (unpaired) electrons. The van der Waals surface area contributed by atoms with Gasteiger partial charge in [0.05, 0.1) is 0 Å². The zero-order valence-corrected chi connectivity index (χ0v) is 13.0. The maximum absolute atomic E-state index is 12.1. The van der Waals surface area contributed by atoms with Crippen molar-refractivity contribution in [2.75, 3.05) is 0 Å². The lowest BCUT2D eigenvalue weighted by molar-refractivity contribution is -0.148. The predicted molar refractivity (Wildman–Crippen MR) is 84.1 cm³/mol. The number of H-pyrrole nitrogens is 1. The summed E-state index contributed by atoms with van der Waals surface area (Å²) < 4.78 is 5.24. The maximum atomic E-state index is 12.1. The van der Waals surface area contributed by atoms with Crippen LogP contribution in [0.3, 0.4) is 0 Å². The van der Waals surface area contributed by atoms with Crippen molar-refractivity contribution in [3.05, 3.63) is 36.0 Å². The standard InChI is InChI=1S/C16H21N3O3/c1-15(2,3)16(13(17)20,22-14(18)21)8-10-9-19-12-7-5-4-6-11(10)12/h4-7,9,19H,8H2,1-3H3,(H2,17,20)(H2,18,21)/t16-/m1/s1. The van der Waals surface area contributed by atoms with Crippen molar-refractivity contribution in [3.8, 4) is 0 Å². The van der Waals surface area contributed by atoms with Crippen LogP contribution in [0.25, 0.3) is 10.9 Å². The molecule has 2 rings (SSSR count). The molecule has 0 bridgehead atoms. The van der Waals surface area contributed by atoms with Crippen LogP contribution in [0.1, 0.15) is 26.3 Å². The van der Waals surface area contributed by atoms with Gasteiger partial charge >= 0.3 is 6.09 Å². The molecule has 1 atom stereocenters. The Balaban J connectivity index is 2.54. The number of carbonyl (C=O) groups excluding carboxylic acids is 2. The molecule has 0 unspecified atom stereocenters. The fourth-order valence-corrected chi connectivity index (χ4v) is 2.68. The molecular formula is C16H21N3O3. The second-order valence-electron chi connectivity index (χ2n) is 6.40. The predicted octanol–water partition coefficient (Wildman–Crippen LogP) is 2.08. The molecular weight excluding hydrogens is 282 g/mol. The Morgan fingerprint density at radius 2 is 1.82 bits per heavy atom. The van der Waals surface area contributed by atoms with Gasteiger partial charge < -0.3 is 21.2 Å². The van der Waals surface area contributed by atoms with Gasteiger partial charge in [0.1, 0.15) is 0 Å². The van der Waals surface area contributed by atoms with Gasteiger partial charge in [0.15, 0.2) is 0 Å². The smallest absolute Gasteiger partial charge is 0.405 e. The molecule has 6 heteroatoms. The molecule has 2 amide bonds. The summed E-state index contributed by atoms with van der Waals surface area (Å²) in [6, 6.07) is 7.67. The van der Waals surface area contributed by atoms with Crippen molar-refractivity contribution in [3.63, 3.8) is 0 Å². The van der Waals surface area contributed by atoms with Gasteiger partial charge in [-0.05, 0) is 11.6 Å². The van der Waals surface area contributed by atoms with Crippen LogP contribution >= 0.6 is 0 Å². The molecule has 22 heavy (non-hydrogen) atoms. The first-order valence-electron chi connectivity index (χ1n) is 7.01. The van der Waals surface area contributed by atoms with Crippen LogP contribution in [0.5, 0.6) is 0 Å². The van der Waals surface area contributed by atoms with Crippen LogP contribution in [-0.4, -0.2) is 22.6 Å². The van der Waals surface area contributed by atoms with Gasteiger partial charge in [-0.25, -0.2) is 4.79 Å². The largest absolute Gasteiger partial charge is 0.432 e. The summed E-state index contributed by atoms with van der Waals surface area (Å²) in [5, 5.41) is 0.949. The average Bonchev–Trinajstić information content (AvgIpc) is 2.79. The Hall–Kier alpha value is -2.50. The first-order chi connectivity index (χ1) is 10.2. The number of aromatic nitrogens is 1. The number of benzene rings is 1. The number of rotatable bonds is 4. The molecule has 2 aromatic rings. The van der Waals surface area contributed by atoms with E-state index in [-0.39, 0.29) is 6.42 Å². The molecule has 0 aliphatic heterocycles. The van der Waals surface area contributed by atoms with Crippen molar-refractivity contribution < 1.29 is 14.3 Å². The van der Waals surface area contributed by atoms with E-state index in [0.29, 0.717) is 0 Å². The Morgan fingerprint density at radius 1 is 1.18 bits per heavy atom. The van der Waals surface area contributed by atoms with Crippen molar-refractivity contribution in [2.24, 2.45) is 16.9 Å². The third kappa shape index (κ3) is 2.64. The number of amides is 2. The Kier molecular flexibility index (Phi) is 3.87. The lowest BCUT2D eigenvalue weighted by Crippen LogP contribution is -2.58. The van der Waals surface area contributed by atoms with Crippen LogP contribution in [0.15, 0.2) is 30.5 Å². The maximum Gasteiger partial charge on any atom is 0.405 e. The van der Waals surface area contributed by atoms with Gasteiger partial charge in [0.2, 0.25) is 5.60 Å². The van der Waals surface area contributed by atoms with E-state index >= 15 is 0 Å². The number of ether oxygens (including phenoxy) is 1. The topological polar surface area (TPSA) is 111 Å². The molecule has 1 aromatic heterocycles. The van der Waals surface area contributed by atoms with Crippen molar-refractivity contribution >= 4 is 22.9 Å². The minimum atomic E-state index is -1.52. The summed E-state index contributed by atoms with van der Waals surface area (Å²) in [4.78, 5) is 26.6. The zero-order chi connectivity index (χ0) is 16.5. The minimum absolute atomic E-state index is 0.152. The molecule has 0 aliphatic carbocycles. The van der Waals surface area contributed by atoms with Gasteiger partial charge in [-0.2, -0.15) is 0 Å². The van der Waals surface area contributed by atoms with E-state index in [1.54, 1.807) is 27.0 Å². The first-order valence-corrected chi connectivity index (χ1v) is 7.01. The number of primary amides is 2. The van der Waals surface area contributed by atoms with Gasteiger partial charge in [0, 0.05) is 28.9 Å². The highest BCUT2D eigenvalue weighted by atomic mass is 16.6. The van der Waals surface area contributed by atoms with Crippen molar-refractivity contribution in [1.82, 2.24) is 4.98 Å². The number of carbonyl (C=O) groups is 2. The second-order valence-corrected chi connectivity index (χ2v) is 6.40. The number of para-hydroxylation sites is 1. The number of hydrogen-bond donors (Lipinski definition) is 3. The van der Waals surface area contributed by atoms with Crippen LogP contribution in [0, 0.1) is 5.41 Å². The number of nitrogens with two attached hydrogens (primary N) is 2. The number of fused-ring (bicyclic) bond motifs is 1. The fraction of sp³-hybridized carbons (Fsp3) is 0.375. The van der Waals surface area contributed by atoms with Gasteiger partial charge in [-0.15, -0.1) is 0 Å². The van der Waals surface area contributed by atoms with E-state index in [9.17, 15) is 9.59 Å². The molecule has 0 saturated carbocycles. The monoisotopic (exact) mass is 303 g/mol. The van der Waals surface area contributed by atoms with E-state index in [2.05, 4.69) is 4.98 Å². The molecule has 0 saturated heterocycles. The molecule has 5 N–H and O–H groups in total. The molecule has 1 aromatic carbocycles. The van der Waals surface area contributed by atoms with E-state index in [1.165, 1.54) is 0 Å². The van der Waals surface area contributed by atoms with Crippen molar-refractivity contribution in [2.45, 2.75) is 32.8 Å². The van der Waals surface area contributed by atoms with Crippen LogP contribution in [0.4, 0.5) is 4.79 Å². The lowest BCUT2D eigenvalue weighted by Gasteiger charge is -2.40. The Labute approximate surface area is 128 Å². The number of hydrogen-bond acceptors (Lipinski definition) is 3. The molecule has 1 heterocycles. The highest BCUT2D eigenvalue weighted by Gasteiger charge is 2.51. The normalized spacial score (nSPS) is 14.5.